The van der Waals surface area contributed by atoms with Gasteiger partial charge in [0.15, 0.2) is 0 Å². The number of carbonyl (C=O) groups is 1. The van der Waals surface area contributed by atoms with Crippen LogP contribution >= 0.6 is 0 Å². The molecule has 0 saturated carbocycles. The molecule has 5 nitrogen and oxygen atoms in total. The Morgan fingerprint density at radius 2 is 1.53 bits per heavy atom. The number of hydrogen-bond acceptors (Lipinski definition) is 5. The molecule has 5 heteroatoms. The molecule has 0 spiro atoms. The summed E-state index contributed by atoms with van der Waals surface area (Å²) < 4.78 is 16.5. The highest BCUT2D eigenvalue weighted by molar-refractivity contribution is 5.70. The van der Waals surface area contributed by atoms with Crippen LogP contribution in [0, 0.1) is 11.8 Å². The van der Waals surface area contributed by atoms with Gasteiger partial charge >= 0.3 is 0 Å². The molecule has 0 aromatic heterocycles. The average molecular weight is 460 g/mol. The normalized spacial score (nSPS) is 10.9. The van der Waals surface area contributed by atoms with E-state index in [-0.39, 0.29) is 13.8 Å². The number of carboxylic acid groups (broad SMARTS) is 1. The van der Waals surface area contributed by atoms with Crippen molar-refractivity contribution in [2.45, 2.75) is 39.2 Å². The molecule has 0 unspecified atom stereocenters. The monoisotopic (exact) mass is 459 g/mol. The third-order valence-electron chi connectivity index (χ3n) is 4.92. The summed E-state index contributed by atoms with van der Waals surface area (Å²) >= 11 is 0. The number of unbranched alkanes of at least 4 members (excludes halogenated alkanes) is 2. The highest BCUT2D eigenvalue weighted by atomic mass is 16.5. The Balaban J connectivity index is 0.00000408. The second-order valence-corrected chi connectivity index (χ2v) is 7.44. The summed E-state index contributed by atoms with van der Waals surface area (Å²) in [6.45, 7) is 0.633. The molecule has 0 radical (unpaired) electrons. The van der Waals surface area contributed by atoms with Crippen molar-refractivity contribution in [1.29, 1.82) is 0 Å². The lowest BCUT2D eigenvalue weighted by Gasteiger charge is -2.15. The molecule has 1 atom stereocenters. The van der Waals surface area contributed by atoms with Crippen LogP contribution in [-0.2, 0) is 16.0 Å². The fourth-order valence-electron chi connectivity index (χ4n) is 3.10. The quantitative estimate of drug-likeness (QED) is 0.297. The van der Waals surface area contributed by atoms with Gasteiger partial charge in [0.25, 0.3) is 0 Å². The molecule has 0 amide bonds. The fourth-order valence-corrected chi connectivity index (χ4v) is 3.10. The van der Waals surface area contributed by atoms with Crippen LogP contribution in [0.4, 0.5) is 0 Å². The number of para-hydroxylation sites is 1. The Hall–Kier alpha value is -3.75. The fraction of sp³-hybridized carbons (Fsp3) is 0.276. The summed E-state index contributed by atoms with van der Waals surface area (Å²) in [5.74, 6) is 7.49. The van der Waals surface area contributed by atoms with Gasteiger partial charge < -0.3 is 24.1 Å². The molecule has 0 heterocycles. The molecule has 178 valence electrons. The van der Waals surface area contributed by atoms with Crippen molar-refractivity contribution < 1.29 is 24.1 Å². The number of aliphatic carboxylic acids is 1. The van der Waals surface area contributed by atoms with E-state index in [4.69, 9.17) is 14.2 Å². The third-order valence-corrected chi connectivity index (χ3v) is 4.92. The molecular weight excluding hydrogens is 428 g/mol. The van der Waals surface area contributed by atoms with E-state index in [1.165, 1.54) is 7.11 Å². The minimum atomic E-state index is -1.21. The van der Waals surface area contributed by atoms with Gasteiger partial charge in [-0.15, -0.1) is 0 Å². The lowest BCUT2D eigenvalue weighted by molar-refractivity contribution is -0.315. The first-order valence-electron chi connectivity index (χ1n) is 10.9. The molecule has 0 aliphatic carbocycles. The first-order valence-corrected chi connectivity index (χ1v) is 10.9. The summed E-state index contributed by atoms with van der Waals surface area (Å²) in [7, 11) is 1.36. The van der Waals surface area contributed by atoms with Gasteiger partial charge in [-0.3, -0.25) is 0 Å². The second-order valence-electron chi connectivity index (χ2n) is 7.44. The number of ether oxygens (including phenoxy) is 3. The summed E-state index contributed by atoms with van der Waals surface area (Å²) in [5, 5.41) is 10.9. The molecule has 3 aromatic carbocycles. The van der Waals surface area contributed by atoms with Gasteiger partial charge in [0.05, 0.1) is 12.6 Å². The van der Waals surface area contributed by atoms with Gasteiger partial charge in [-0.25, -0.2) is 0 Å². The van der Waals surface area contributed by atoms with Crippen molar-refractivity contribution in [1.82, 2.24) is 0 Å². The van der Waals surface area contributed by atoms with Gasteiger partial charge in [-0.1, -0.05) is 49.6 Å². The molecule has 0 bridgehead atoms. The summed E-state index contributed by atoms with van der Waals surface area (Å²) in [5.41, 5.74) is 1.77. The minimum Gasteiger partial charge on any atom is -0.547 e. The predicted octanol–water partition coefficient (Wildman–Crippen LogP) is 5.02. The van der Waals surface area contributed by atoms with Gasteiger partial charge in [-0.05, 0) is 66.9 Å². The SMILES string of the molecule is C.CO[C@@H](Cc1ccc(C#CCCCCOc2ccc(Oc3ccccc3)cc2)cc1)C(=O)[O-]. The Morgan fingerprint density at radius 1 is 0.882 bits per heavy atom. The number of hydrogen-bond donors (Lipinski definition) is 0. The topological polar surface area (TPSA) is 67.8 Å². The predicted molar refractivity (Wildman–Crippen MR) is 132 cm³/mol. The average Bonchev–Trinajstić information content (AvgIpc) is 2.84. The van der Waals surface area contributed by atoms with Crippen LogP contribution in [0.25, 0.3) is 0 Å². The zero-order chi connectivity index (χ0) is 23.3. The number of carbonyl (C=O) groups excluding carboxylic acids is 1. The summed E-state index contributed by atoms with van der Waals surface area (Å²) in [6.07, 6.45) is 1.98. The van der Waals surface area contributed by atoms with E-state index in [1.54, 1.807) is 0 Å². The summed E-state index contributed by atoms with van der Waals surface area (Å²) in [4.78, 5) is 10.9. The maximum absolute atomic E-state index is 10.9. The van der Waals surface area contributed by atoms with E-state index < -0.39 is 12.1 Å². The molecule has 0 aliphatic heterocycles. The number of carboxylic acids is 1. The van der Waals surface area contributed by atoms with Gasteiger partial charge in [0.1, 0.15) is 23.4 Å². The lowest BCUT2D eigenvalue weighted by atomic mass is 10.1. The van der Waals surface area contributed by atoms with Crippen molar-refractivity contribution in [3.63, 3.8) is 0 Å². The van der Waals surface area contributed by atoms with Crippen molar-refractivity contribution in [2.75, 3.05) is 13.7 Å². The molecule has 0 fully saturated rings. The Labute approximate surface area is 202 Å². The van der Waals surface area contributed by atoms with Crippen molar-refractivity contribution in [3.05, 3.63) is 90.0 Å². The first-order chi connectivity index (χ1) is 16.1. The third kappa shape index (κ3) is 9.01. The van der Waals surface area contributed by atoms with Gasteiger partial charge in [0.2, 0.25) is 0 Å². The summed E-state index contributed by atoms with van der Waals surface area (Å²) in [6, 6.07) is 24.8. The molecular formula is C29H31O5-. The molecule has 34 heavy (non-hydrogen) atoms. The van der Waals surface area contributed by atoms with Gasteiger partial charge in [0, 0.05) is 25.5 Å². The number of methoxy groups -OCH3 is 1. The molecule has 0 N–H and O–H groups in total. The molecule has 0 saturated heterocycles. The number of rotatable bonds is 11. The van der Waals surface area contributed by atoms with E-state index in [9.17, 15) is 9.90 Å². The smallest absolute Gasteiger partial charge is 0.127 e. The van der Waals surface area contributed by atoms with E-state index in [2.05, 4.69) is 11.8 Å². The van der Waals surface area contributed by atoms with Crippen LogP contribution in [0.5, 0.6) is 17.2 Å². The minimum absolute atomic E-state index is 0. The zero-order valence-electron chi connectivity index (χ0n) is 18.7. The maximum Gasteiger partial charge on any atom is 0.127 e. The van der Waals surface area contributed by atoms with E-state index in [1.807, 2.05) is 78.9 Å². The van der Waals surface area contributed by atoms with E-state index in [0.29, 0.717) is 6.61 Å². The molecule has 3 aromatic rings. The lowest BCUT2D eigenvalue weighted by Crippen LogP contribution is -2.38. The largest absolute Gasteiger partial charge is 0.547 e. The van der Waals surface area contributed by atoms with Crippen molar-refractivity contribution in [3.8, 4) is 29.1 Å². The second kappa shape index (κ2) is 14.4. The maximum atomic E-state index is 10.9. The van der Waals surface area contributed by atoms with Crippen molar-refractivity contribution >= 4 is 5.97 Å². The highest BCUT2D eigenvalue weighted by Gasteiger charge is 2.09. The highest BCUT2D eigenvalue weighted by Crippen LogP contribution is 2.23. The van der Waals surface area contributed by atoms with Crippen LogP contribution in [0.2, 0.25) is 0 Å². The zero-order valence-corrected chi connectivity index (χ0v) is 18.7. The van der Waals surface area contributed by atoms with Crippen LogP contribution in [0.15, 0.2) is 78.9 Å². The standard InChI is InChI=1S/C28H28O5.CH4/c1-31-27(28(29)30)21-23-14-12-22(13-15-23)9-5-2-3-8-20-32-24-16-18-26(19-17-24)33-25-10-6-4-7-11-25;/h4,6-7,10-19,27H,2-3,8,20-21H2,1H3,(H,29,30);1H4/p-1/t27-;/m0./s1. The van der Waals surface area contributed by atoms with Gasteiger partial charge in [-0.2, -0.15) is 0 Å². The Morgan fingerprint density at radius 3 is 2.18 bits per heavy atom. The molecule has 3 rings (SSSR count). The van der Waals surface area contributed by atoms with E-state index >= 15 is 0 Å². The van der Waals surface area contributed by atoms with Crippen LogP contribution in [0.3, 0.4) is 0 Å². The van der Waals surface area contributed by atoms with E-state index in [0.717, 1.165) is 47.6 Å². The van der Waals surface area contributed by atoms with Crippen LogP contribution in [0.1, 0.15) is 37.8 Å². The van der Waals surface area contributed by atoms with Crippen LogP contribution in [-0.4, -0.2) is 25.8 Å². The van der Waals surface area contributed by atoms with Crippen molar-refractivity contribution in [2.24, 2.45) is 0 Å². The first kappa shape index (κ1) is 26.5. The Kier molecular flexibility index (Phi) is 11.2. The number of benzene rings is 3. The Bertz CT molecular complexity index is 1050. The van der Waals surface area contributed by atoms with Crippen LogP contribution < -0.4 is 14.6 Å². The molecule has 0 aliphatic rings.